The van der Waals surface area contributed by atoms with Gasteiger partial charge in [0.05, 0.1) is 46.0 Å². The number of hydrogen-bond acceptors (Lipinski definition) is 6. The molecule has 0 saturated carbocycles. The SMILES string of the molecule is COc1cccc(-c2cnc3c(NC=O)cc(-c4cc(OC)c(OC)c(OC)c4)cn23)c1. The summed E-state index contributed by atoms with van der Waals surface area (Å²) < 4.78 is 23.7. The Kier molecular flexibility index (Phi) is 5.85. The maximum atomic E-state index is 11.3. The molecule has 0 aliphatic heterocycles. The number of nitrogens with one attached hydrogen (secondary N) is 1. The minimum Gasteiger partial charge on any atom is -0.497 e. The van der Waals surface area contributed by atoms with Gasteiger partial charge in [0.2, 0.25) is 12.2 Å². The minimum atomic E-state index is 0.505. The first-order valence-electron chi connectivity index (χ1n) is 9.79. The van der Waals surface area contributed by atoms with Crippen molar-refractivity contribution in [2.75, 3.05) is 33.8 Å². The summed E-state index contributed by atoms with van der Waals surface area (Å²) in [6, 6.07) is 13.3. The number of benzene rings is 2. The van der Waals surface area contributed by atoms with Crippen LogP contribution in [0.5, 0.6) is 23.0 Å². The number of anilines is 1. The van der Waals surface area contributed by atoms with Crippen LogP contribution in [0.2, 0.25) is 0 Å². The van der Waals surface area contributed by atoms with Crippen LogP contribution >= 0.6 is 0 Å². The van der Waals surface area contributed by atoms with E-state index in [4.69, 9.17) is 18.9 Å². The normalized spacial score (nSPS) is 10.6. The molecule has 0 spiro atoms. The van der Waals surface area contributed by atoms with Gasteiger partial charge in [-0.3, -0.25) is 9.20 Å². The Morgan fingerprint density at radius 3 is 2.25 bits per heavy atom. The number of nitrogens with zero attached hydrogens (tertiary/aromatic N) is 2. The molecule has 1 N–H and O–H groups in total. The Bertz CT molecular complexity index is 1260. The average Bonchev–Trinajstić information content (AvgIpc) is 3.27. The highest BCUT2D eigenvalue weighted by Crippen LogP contribution is 2.42. The van der Waals surface area contributed by atoms with Crippen LogP contribution in [-0.4, -0.2) is 44.2 Å². The van der Waals surface area contributed by atoms with Crippen molar-refractivity contribution in [3.63, 3.8) is 0 Å². The lowest BCUT2D eigenvalue weighted by Gasteiger charge is -2.15. The topological polar surface area (TPSA) is 83.3 Å². The van der Waals surface area contributed by atoms with Gasteiger partial charge in [0.25, 0.3) is 0 Å². The van der Waals surface area contributed by atoms with Crippen molar-refractivity contribution < 1.29 is 23.7 Å². The number of rotatable bonds is 8. The van der Waals surface area contributed by atoms with Gasteiger partial charge < -0.3 is 24.3 Å². The molecular formula is C24H23N3O5. The summed E-state index contributed by atoms with van der Waals surface area (Å²) in [6.45, 7) is 0. The summed E-state index contributed by atoms with van der Waals surface area (Å²) in [5, 5.41) is 2.75. The monoisotopic (exact) mass is 433 g/mol. The number of amides is 1. The van der Waals surface area contributed by atoms with Crippen LogP contribution in [0.1, 0.15) is 0 Å². The molecule has 8 nitrogen and oxygen atoms in total. The lowest BCUT2D eigenvalue weighted by molar-refractivity contribution is -0.105. The van der Waals surface area contributed by atoms with Gasteiger partial charge in [-0.2, -0.15) is 0 Å². The maximum Gasteiger partial charge on any atom is 0.211 e. The van der Waals surface area contributed by atoms with Crippen molar-refractivity contribution in [3.8, 4) is 45.4 Å². The van der Waals surface area contributed by atoms with Gasteiger partial charge >= 0.3 is 0 Å². The summed E-state index contributed by atoms with van der Waals surface area (Å²) >= 11 is 0. The summed E-state index contributed by atoms with van der Waals surface area (Å²) in [5.74, 6) is 2.31. The summed E-state index contributed by atoms with van der Waals surface area (Å²) in [4.78, 5) is 15.8. The number of carbonyl (C=O) groups excluding carboxylic acids is 1. The Balaban J connectivity index is 1.96. The number of ether oxygens (including phenoxy) is 4. The highest BCUT2D eigenvalue weighted by molar-refractivity contribution is 5.86. The van der Waals surface area contributed by atoms with Gasteiger partial charge in [-0.1, -0.05) is 12.1 Å². The smallest absolute Gasteiger partial charge is 0.211 e. The molecule has 0 fully saturated rings. The van der Waals surface area contributed by atoms with E-state index < -0.39 is 0 Å². The van der Waals surface area contributed by atoms with E-state index in [1.165, 1.54) is 0 Å². The second-order valence-electron chi connectivity index (χ2n) is 6.89. The molecule has 2 aromatic carbocycles. The first-order chi connectivity index (χ1) is 15.6. The standard InChI is InChI=1S/C24H23N3O5/c1-29-18-7-5-6-15(8-18)20-12-25-24-19(26-14-28)9-17(13-27(20)24)16-10-21(30-2)23(32-4)22(11-16)31-3/h5-14H,1-4H3,(H,26,28). The third-order valence-electron chi connectivity index (χ3n) is 5.18. The van der Waals surface area contributed by atoms with E-state index in [9.17, 15) is 4.79 Å². The van der Waals surface area contributed by atoms with Crippen molar-refractivity contribution in [2.45, 2.75) is 0 Å². The zero-order valence-corrected chi connectivity index (χ0v) is 18.2. The zero-order chi connectivity index (χ0) is 22.7. The van der Waals surface area contributed by atoms with Crippen LogP contribution < -0.4 is 24.3 Å². The van der Waals surface area contributed by atoms with Gasteiger partial charge in [-0.25, -0.2) is 4.98 Å². The van der Waals surface area contributed by atoms with E-state index in [-0.39, 0.29) is 0 Å². The molecule has 0 unspecified atom stereocenters. The van der Waals surface area contributed by atoms with Gasteiger partial charge in [-0.15, -0.1) is 0 Å². The fourth-order valence-corrected chi connectivity index (χ4v) is 3.66. The molecule has 0 bridgehead atoms. The van der Waals surface area contributed by atoms with Gasteiger partial charge in [0.1, 0.15) is 5.75 Å². The third kappa shape index (κ3) is 3.66. The van der Waals surface area contributed by atoms with Crippen molar-refractivity contribution >= 4 is 17.7 Å². The molecule has 0 aliphatic rings. The number of methoxy groups -OCH3 is 4. The second kappa shape index (κ2) is 8.89. The highest BCUT2D eigenvalue weighted by Gasteiger charge is 2.17. The van der Waals surface area contributed by atoms with E-state index >= 15 is 0 Å². The fraction of sp³-hybridized carbons (Fsp3) is 0.167. The number of hydrogen-bond donors (Lipinski definition) is 1. The van der Waals surface area contributed by atoms with Crippen LogP contribution in [0.25, 0.3) is 28.0 Å². The lowest BCUT2D eigenvalue weighted by Crippen LogP contribution is -2.00. The molecular weight excluding hydrogens is 410 g/mol. The van der Waals surface area contributed by atoms with E-state index in [0.717, 1.165) is 28.1 Å². The molecule has 8 heteroatoms. The molecule has 0 atom stereocenters. The Morgan fingerprint density at radius 2 is 1.62 bits per heavy atom. The third-order valence-corrected chi connectivity index (χ3v) is 5.18. The van der Waals surface area contributed by atoms with Crippen molar-refractivity contribution in [1.82, 2.24) is 9.38 Å². The van der Waals surface area contributed by atoms with Gasteiger partial charge in [0.15, 0.2) is 17.1 Å². The molecule has 32 heavy (non-hydrogen) atoms. The van der Waals surface area contributed by atoms with E-state index in [1.807, 2.05) is 53.1 Å². The maximum absolute atomic E-state index is 11.3. The van der Waals surface area contributed by atoms with Gasteiger partial charge in [-0.05, 0) is 35.9 Å². The summed E-state index contributed by atoms with van der Waals surface area (Å²) in [7, 11) is 6.33. The second-order valence-corrected chi connectivity index (χ2v) is 6.89. The highest BCUT2D eigenvalue weighted by atomic mass is 16.5. The minimum absolute atomic E-state index is 0.505. The number of imidazole rings is 1. The van der Waals surface area contributed by atoms with Crippen molar-refractivity contribution in [2.24, 2.45) is 0 Å². The molecule has 4 aromatic rings. The van der Waals surface area contributed by atoms with Crippen molar-refractivity contribution in [3.05, 3.63) is 54.9 Å². The van der Waals surface area contributed by atoms with Crippen LogP contribution in [0.3, 0.4) is 0 Å². The fourth-order valence-electron chi connectivity index (χ4n) is 3.66. The lowest BCUT2D eigenvalue weighted by atomic mass is 10.1. The first kappa shape index (κ1) is 21.0. The van der Waals surface area contributed by atoms with Gasteiger partial charge in [0, 0.05) is 17.3 Å². The van der Waals surface area contributed by atoms with E-state index in [1.54, 1.807) is 34.6 Å². The predicted molar refractivity (Wildman–Crippen MR) is 122 cm³/mol. The molecule has 2 heterocycles. The number of aromatic nitrogens is 2. The predicted octanol–water partition coefficient (Wildman–Crippen LogP) is 4.27. The quantitative estimate of drug-likeness (QED) is 0.418. The Morgan fingerprint density at radius 1 is 0.875 bits per heavy atom. The van der Waals surface area contributed by atoms with Crippen LogP contribution in [0.15, 0.2) is 54.9 Å². The largest absolute Gasteiger partial charge is 0.497 e. The molecule has 2 aromatic heterocycles. The molecule has 0 saturated heterocycles. The average molecular weight is 433 g/mol. The number of fused-ring (bicyclic) bond motifs is 1. The van der Waals surface area contributed by atoms with E-state index in [2.05, 4.69) is 10.3 Å². The van der Waals surface area contributed by atoms with Crippen LogP contribution in [0, 0.1) is 0 Å². The number of pyridine rings is 1. The Hall–Kier alpha value is -4.20. The van der Waals surface area contributed by atoms with Crippen LogP contribution in [-0.2, 0) is 4.79 Å². The Labute approximate surface area is 185 Å². The van der Waals surface area contributed by atoms with Crippen LogP contribution in [0.4, 0.5) is 5.69 Å². The zero-order valence-electron chi connectivity index (χ0n) is 18.2. The molecule has 164 valence electrons. The molecule has 0 aliphatic carbocycles. The van der Waals surface area contributed by atoms with Crippen molar-refractivity contribution in [1.29, 1.82) is 0 Å². The first-order valence-corrected chi connectivity index (χ1v) is 9.79. The number of carbonyl (C=O) groups is 1. The summed E-state index contributed by atoms with van der Waals surface area (Å²) in [6.07, 6.45) is 4.35. The molecule has 0 radical (unpaired) electrons. The molecule has 1 amide bonds. The molecule has 4 rings (SSSR count). The van der Waals surface area contributed by atoms with E-state index in [0.29, 0.717) is 35.0 Å². The summed E-state index contributed by atoms with van der Waals surface area (Å²) in [5.41, 5.74) is 4.61.